The van der Waals surface area contributed by atoms with Crippen LogP contribution in [0.2, 0.25) is 6.04 Å². The molecule has 0 spiro atoms. The van der Waals surface area contributed by atoms with E-state index in [2.05, 4.69) is 93.7 Å². The maximum Gasteiger partial charge on any atom is 0.152 e. The van der Waals surface area contributed by atoms with Crippen molar-refractivity contribution >= 4 is 46.3 Å². The Bertz CT molecular complexity index is 994. The molecule has 0 saturated carbocycles. The van der Waals surface area contributed by atoms with Gasteiger partial charge in [0.05, 0.1) is 0 Å². The van der Waals surface area contributed by atoms with Gasteiger partial charge in [-0.2, -0.15) is 0 Å². The van der Waals surface area contributed by atoms with Gasteiger partial charge in [0.1, 0.15) is 0 Å². The number of unbranched alkanes of at least 4 members (excludes halogenated alkanes) is 4. The molecule has 1 atom stereocenters. The van der Waals surface area contributed by atoms with Gasteiger partial charge in [-0.25, -0.2) is 0 Å². The molecular weight excluding hydrogens is 453 g/mol. The summed E-state index contributed by atoms with van der Waals surface area (Å²) < 4.78 is 0. The van der Waals surface area contributed by atoms with Crippen molar-refractivity contribution < 1.29 is 0 Å². The Morgan fingerprint density at radius 2 is 1.30 bits per heavy atom. The highest BCUT2D eigenvalue weighted by Crippen LogP contribution is 2.42. The molecule has 4 rings (SSSR count). The predicted molar refractivity (Wildman–Crippen MR) is 154 cm³/mol. The minimum atomic E-state index is -2.00. The van der Waals surface area contributed by atoms with E-state index in [4.69, 9.17) is 0 Å². The van der Waals surface area contributed by atoms with E-state index in [9.17, 15) is 0 Å². The quantitative estimate of drug-likeness (QED) is 0.176. The van der Waals surface area contributed by atoms with Gasteiger partial charge in [-0.05, 0) is 65.5 Å². The normalized spacial score (nSPS) is 14.9. The minimum Gasteiger partial charge on any atom is -0.140 e. The molecule has 1 aliphatic heterocycles. The third kappa shape index (κ3) is 4.97. The Hall–Kier alpha value is -1.16. The maximum absolute atomic E-state index is 2.59. The summed E-state index contributed by atoms with van der Waals surface area (Å²) in [5, 5.41) is 5.14. The lowest BCUT2D eigenvalue weighted by Gasteiger charge is -2.34. The highest BCUT2D eigenvalue weighted by atomic mass is 32.1. The molecule has 3 heteroatoms. The first-order chi connectivity index (χ1) is 16.0. The zero-order chi connectivity index (χ0) is 23.4. The molecule has 0 nitrogen and oxygen atoms in total. The third-order valence-corrected chi connectivity index (χ3v) is 15.5. The molecule has 3 heterocycles. The van der Waals surface area contributed by atoms with Crippen molar-refractivity contribution in [3.05, 3.63) is 51.7 Å². The molecule has 178 valence electrons. The lowest BCUT2D eigenvalue weighted by molar-refractivity contribution is 0.442. The zero-order valence-corrected chi connectivity index (χ0v) is 24.1. The summed E-state index contributed by atoms with van der Waals surface area (Å²) in [6.07, 6.45) is 12.2. The number of benzene rings is 1. The number of hydrogen-bond acceptors (Lipinski definition) is 2. The fourth-order valence-electron chi connectivity index (χ4n) is 5.95. The second-order valence-corrected chi connectivity index (χ2v) is 16.6. The molecule has 0 amide bonds. The molecule has 1 aliphatic rings. The van der Waals surface area contributed by atoms with Crippen LogP contribution in [-0.2, 0) is 6.42 Å². The highest BCUT2D eigenvalue weighted by molar-refractivity contribution is 7.31. The second-order valence-electron chi connectivity index (χ2n) is 10.2. The van der Waals surface area contributed by atoms with Crippen LogP contribution in [0.5, 0.6) is 0 Å². The first-order valence-electron chi connectivity index (χ1n) is 13.3. The summed E-state index contributed by atoms with van der Waals surface area (Å²) in [6, 6.07) is 16.5. The monoisotopic (exact) mass is 494 g/mol. The Kier molecular flexibility index (Phi) is 8.36. The molecule has 2 aromatic heterocycles. The van der Waals surface area contributed by atoms with E-state index < -0.39 is 8.07 Å². The minimum absolute atomic E-state index is 0.846. The largest absolute Gasteiger partial charge is 0.152 e. The van der Waals surface area contributed by atoms with Gasteiger partial charge in [-0.3, -0.25) is 0 Å². The van der Waals surface area contributed by atoms with Gasteiger partial charge in [-0.1, -0.05) is 96.4 Å². The maximum atomic E-state index is 2.59. The molecule has 0 bridgehead atoms. The molecule has 0 saturated heterocycles. The summed E-state index contributed by atoms with van der Waals surface area (Å²) in [7, 11) is -2.00. The van der Waals surface area contributed by atoms with Crippen LogP contribution >= 0.6 is 22.7 Å². The summed E-state index contributed by atoms with van der Waals surface area (Å²) in [4.78, 5) is 6.22. The lowest BCUT2D eigenvalue weighted by atomic mass is 9.97. The average molecular weight is 495 g/mol. The van der Waals surface area contributed by atoms with Gasteiger partial charge in [-0.15, -0.1) is 22.7 Å². The van der Waals surface area contributed by atoms with Crippen molar-refractivity contribution in [3.63, 3.8) is 0 Å². The number of aryl methyl sites for hydroxylation is 3. The molecule has 0 N–H and O–H groups in total. The Morgan fingerprint density at radius 1 is 0.727 bits per heavy atom. The molecular formula is C30H42S2Si. The van der Waals surface area contributed by atoms with E-state index >= 15 is 0 Å². The van der Waals surface area contributed by atoms with Gasteiger partial charge >= 0.3 is 0 Å². The summed E-state index contributed by atoms with van der Waals surface area (Å²) >= 11 is 4.10. The first-order valence-corrected chi connectivity index (χ1v) is 17.2. The van der Waals surface area contributed by atoms with Crippen LogP contribution in [0.25, 0.3) is 9.75 Å². The second kappa shape index (κ2) is 11.1. The lowest BCUT2D eigenvalue weighted by Crippen LogP contribution is -2.65. The van der Waals surface area contributed by atoms with E-state index in [0.29, 0.717) is 0 Å². The zero-order valence-electron chi connectivity index (χ0n) is 21.4. The molecule has 1 unspecified atom stereocenters. The Labute approximate surface area is 211 Å². The molecule has 33 heavy (non-hydrogen) atoms. The highest BCUT2D eigenvalue weighted by Gasteiger charge is 2.50. The fraction of sp³-hybridized carbons (Fsp3) is 0.533. The van der Waals surface area contributed by atoms with Crippen molar-refractivity contribution in [2.24, 2.45) is 5.92 Å². The predicted octanol–water partition coefficient (Wildman–Crippen LogP) is 8.22. The number of hydrogen-bond donors (Lipinski definition) is 0. The third-order valence-electron chi connectivity index (χ3n) is 7.72. The number of thiophene rings is 2. The smallest absolute Gasteiger partial charge is 0.140 e. The van der Waals surface area contributed by atoms with Crippen LogP contribution in [0.4, 0.5) is 0 Å². The van der Waals surface area contributed by atoms with Crippen molar-refractivity contribution in [1.82, 2.24) is 0 Å². The van der Waals surface area contributed by atoms with Crippen molar-refractivity contribution in [2.75, 3.05) is 0 Å². The molecule has 0 aliphatic carbocycles. The van der Waals surface area contributed by atoms with E-state index in [-0.39, 0.29) is 0 Å². The van der Waals surface area contributed by atoms with Crippen molar-refractivity contribution in [3.8, 4) is 9.75 Å². The van der Waals surface area contributed by atoms with Crippen LogP contribution < -0.4 is 15.6 Å². The standard InChI is InChI=1S/C30H42S2Si/c1-6-9-11-12-14-25(13-10-7-2)21-33(26-17-15-24(8-3)16-18-26)27-19-22(4)31-29(27)30-28(33)20-23(5)32-30/h15-20,25H,6-14,21H2,1-5H3. The van der Waals surface area contributed by atoms with Gasteiger partial charge < -0.3 is 0 Å². The summed E-state index contributed by atoms with van der Waals surface area (Å²) in [6.45, 7) is 11.6. The molecule has 0 fully saturated rings. The van der Waals surface area contributed by atoms with Crippen LogP contribution in [0.15, 0.2) is 36.4 Å². The van der Waals surface area contributed by atoms with Crippen LogP contribution in [0, 0.1) is 19.8 Å². The Morgan fingerprint density at radius 3 is 1.85 bits per heavy atom. The number of fused-ring (bicyclic) bond motifs is 3. The van der Waals surface area contributed by atoms with Gasteiger partial charge in [0.15, 0.2) is 8.07 Å². The summed E-state index contributed by atoms with van der Waals surface area (Å²) in [5.41, 5.74) is 1.46. The molecule has 1 aromatic carbocycles. The molecule has 0 radical (unpaired) electrons. The van der Waals surface area contributed by atoms with Crippen LogP contribution in [0.3, 0.4) is 0 Å². The molecule has 3 aromatic rings. The van der Waals surface area contributed by atoms with E-state index in [1.807, 2.05) is 0 Å². The van der Waals surface area contributed by atoms with Crippen LogP contribution in [-0.4, -0.2) is 8.07 Å². The van der Waals surface area contributed by atoms with Crippen molar-refractivity contribution in [1.29, 1.82) is 0 Å². The van der Waals surface area contributed by atoms with Crippen molar-refractivity contribution in [2.45, 2.75) is 98.5 Å². The topological polar surface area (TPSA) is 0 Å². The van der Waals surface area contributed by atoms with Gasteiger partial charge in [0, 0.05) is 19.5 Å². The first kappa shape index (κ1) is 24.9. The SMILES string of the molecule is CCCCCCC(CCCC)C[Si]1(c2ccc(CC)cc2)c2cc(C)sc2-c2sc(C)cc21. The van der Waals surface area contributed by atoms with Gasteiger partial charge in [0.2, 0.25) is 0 Å². The van der Waals surface area contributed by atoms with Crippen LogP contribution in [0.1, 0.15) is 87.5 Å². The van der Waals surface area contributed by atoms with Gasteiger partial charge in [0.25, 0.3) is 0 Å². The fourth-order valence-corrected chi connectivity index (χ4v) is 15.2. The summed E-state index contributed by atoms with van der Waals surface area (Å²) in [5.74, 6) is 0.846. The van der Waals surface area contributed by atoms with E-state index in [1.54, 1.807) is 25.3 Å². The Balaban J connectivity index is 1.81. The number of rotatable bonds is 12. The van der Waals surface area contributed by atoms with E-state index in [1.165, 1.54) is 72.7 Å². The average Bonchev–Trinajstić information content (AvgIpc) is 3.46. The van der Waals surface area contributed by atoms with E-state index in [0.717, 1.165) is 12.3 Å².